The highest BCUT2D eigenvalue weighted by atomic mass is 16.5. The number of carbonyl (C=O) groups excluding carboxylic acids is 1. The second-order valence-corrected chi connectivity index (χ2v) is 4.61. The number of methoxy groups -OCH3 is 1. The summed E-state index contributed by atoms with van der Waals surface area (Å²) in [4.78, 5) is 11.8. The van der Waals surface area contributed by atoms with E-state index in [2.05, 4.69) is 0 Å². The zero-order chi connectivity index (χ0) is 12.3. The summed E-state index contributed by atoms with van der Waals surface area (Å²) in [5.41, 5.74) is 1.11. The van der Waals surface area contributed by atoms with Gasteiger partial charge < -0.3 is 9.84 Å². The number of benzene rings is 1. The first-order chi connectivity index (χ1) is 8.22. The summed E-state index contributed by atoms with van der Waals surface area (Å²) in [5, 5.41) is 9.76. The molecule has 0 aromatic heterocycles. The lowest BCUT2D eigenvalue weighted by atomic mass is 9.74. The molecular weight excluding hydrogens is 216 g/mol. The van der Waals surface area contributed by atoms with Crippen molar-refractivity contribution in [2.75, 3.05) is 7.11 Å². The quantitative estimate of drug-likeness (QED) is 0.797. The third-order valence-electron chi connectivity index (χ3n) is 3.55. The molecule has 1 aliphatic rings. The largest absolute Gasteiger partial charge is 0.469 e. The Labute approximate surface area is 101 Å². The lowest BCUT2D eigenvalue weighted by molar-refractivity contribution is -0.148. The van der Waals surface area contributed by atoms with Gasteiger partial charge >= 0.3 is 5.97 Å². The van der Waals surface area contributed by atoms with Crippen LogP contribution in [0.1, 0.15) is 30.7 Å². The summed E-state index contributed by atoms with van der Waals surface area (Å²) in [6.45, 7) is 0. The summed E-state index contributed by atoms with van der Waals surface area (Å²) in [6.07, 6.45) is 1.72. The third-order valence-corrected chi connectivity index (χ3v) is 3.55. The molecule has 1 fully saturated rings. The fourth-order valence-corrected chi connectivity index (χ4v) is 2.65. The van der Waals surface area contributed by atoms with E-state index in [0.717, 1.165) is 5.56 Å². The van der Waals surface area contributed by atoms with E-state index in [0.29, 0.717) is 19.3 Å². The molecule has 1 saturated carbocycles. The summed E-state index contributed by atoms with van der Waals surface area (Å²) in [7, 11) is 1.43. The molecule has 17 heavy (non-hydrogen) atoms. The lowest BCUT2D eigenvalue weighted by Gasteiger charge is -2.32. The van der Waals surface area contributed by atoms with Crippen LogP contribution in [0.5, 0.6) is 0 Å². The SMILES string of the molecule is COC(=O)[C@H]1CC[C@@H](O)C[C@H]1c1ccccc1. The van der Waals surface area contributed by atoms with E-state index in [1.165, 1.54) is 7.11 Å². The molecule has 1 aliphatic carbocycles. The Morgan fingerprint density at radius 3 is 2.65 bits per heavy atom. The molecule has 0 bridgehead atoms. The van der Waals surface area contributed by atoms with E-state index in [-0.39, 0.29) is 23.9 Å². The fourth-order valence-electron chi connectivity index (χ4n) is 2.65. The monoisotopic (exact) mass is 234 g/mol. The predicted octanol–water partition coefficient (Wildman–Crippen LogP) is 2.10. The molecule has 0 spiro atoms. The van der Waals surface area contributed by atoms with Crippen molar-refractivity contribution in [3.8, 4) is 0 Å². The summed E-state index contributed by atoms with van der Waals surface area (Å²) < 4.78 is 4.86. The van der Waals surface area contributed by atoms with Crippen LogP contribution in [-0.4, -0.2) is 24.3 Å². The first-order valence-corrected chi connectivity index (χ1v) is 6.03. The van der Waals surface area contributed by atoms with Crippen molar-refractivity contribution < 1.29 is 14.6 Å². The zero-order valence-electron chi connectivity index (χ0n) is 10.0. The van der Waals surface area contributed by atoms with Crippen LogP contribution in [0.3, 0.4) is 0 Å². The van der Waals surface area contributed by atoms with Gasteiger partial charge in [0.15, 0.2) is 0 Å². The number of aliphatic hydroxyl groups excluding tert-OH is 1. The van der Waals surface area contributed by atoms with Crippen LogP contribution in [0.4, 0.5) is 0 Å². The number of rotatable bonds is 2. The highest BCUT2D eigenvalue weighted by molar-refractivity contribution is 5.73. The van der Waals surface area contributed by atoms with Crippen molar-refractivity contribution in [2.24, 2.45) is 5.92 Å². The Hall–Kier alpha value is -1.35. The van der Waals surface area contributed by atoms with Gasteiger partial charge in [0.05, 0.1) is 19.1 Å². The minimum absolute atomic E-state index is 0.0763. The molecule has 1 aromatic carbocycles. The Bertz CT molecular complexity index is 374. The molecule has 3 atom stereocenters. The van der Waals surface area contributed by atoms with Crippen LogP contribution in [0.25, 0.3) is 0 Å². The van der Waals surface area contributed by atoms with Gasteiger partial charge in [0.1, 0.15) is 0 Å². The molecule has 0 amide bonds. The highest BCUT2D eigenvalue weighted by Gasteiger charge is 2.35. The average molecular weight is 234 g/mol. The van der Waals surface area contributed by atoms with Gasteiger partial charge in [-0.2, -0.15) is 0 Å². The van der Waals surface area contributed by atoms with Crippen molar-refractivity contribution in [1.82, 2.24) is 0 Å². The molecule has 3 heteroatoms. The number of esters is 1. The number of hydrogen-bond acceptors (Lipinski definition) is 3. The van der Waals surface area contributed by atoms with Gasteiger partial charge in [-0.25, -0.2) is 0 Å². The predicted molar refractivity (Wildman–Crippen MR) is 64.5 cm³/mol. The number of carbonyl (C=O) groups is 1. The topological polar surface area (TPSA) is 46.5 Å². The van der Waals surface area contributed by atoms with E-state index in [1.807, 2.05) is 30.3 Å². The van der Waals surface area contributed by atoms with Gasteiger partial charge in [-0.05, 0) is 30.7 Å². The Balaban J connectivity index is 2.23. The fraction of sp³-hybridized carbons (Fsp3) is 0.500. The van der Waals surface area contributed by atoms with E-state index < -0.39 is 0 Å². The van der Waals surface area contributed by atoms with Gasteiger partial charge in [0, 0.05) is 0 Å². The van der Waals surface area contributed by atoms with Crippen LogP contribution in [0.2, 0.25) is 0 Å². The normalized spacial score (nSPS) is 28.7. The second-order valence-electron chi connectivity index (χ2n) is 4.61. The summed E-state index contributed by atoms with van der Waals surface area (Å²) in [5.74, 6) is -0.205. The number of hydrogen-bond donors (Lipinski definition) is 1. The maximum atomic E-state index is 11.8. The van der Waals surface area contributed by atoms with Crippen LogP contribution in [0, 0.1) is 5.92 Å². The lowest BCUT2D eigenvalue weighted by Crippen LogP contribution is -2.32. The zero-order valence-corrected chi connectivity index (χ0v) is 10.0. The van der Waals surface area contributed by atoms with Crippen molar-refractivity contribution >= 4 is 5.97 Å². The van der Waals surface area contributed by atoms with Crippen LogP contribution in [0.15, 0.2) is 30.3 Å². The van der Waals surface area contributed by atoms with E-state index in [1.54, 1.807) is 0 Å². The first kappa shape index (κ1) is 12.1. The van der Waals surface area contributed by atoms with Crippen LogP contribution < -0.4 is 0 Å². The van der Waals surface area contributed by atoms with Gasteiger partial charge in [-0.1, -0.05) is 30.3 Å². The third kappa shape index (κ3) is 2.67. The van der Waals surface area contributed by atoms with Gasteiger partial charge in [-0.3, -0.25) is 4.79 Å². The minimum Gasteiger partial charge on any atom is -0.469 e. The molecule has 2 rings (SSSR count). The summed E-state index contributed by atoms with van der Waals surface area (Å²) in [6, 6.07) is 9.91. The van der Waals surface area contributed by atoms with E-state index in [9.17, 15) is 9.90 Å². The Kier molecular flexibility index (Phi) is 3.79. The number of ether oxygens (including phenoxy) is 1. The average Bonchev–Trinajstić information content (AvgIpc) is 2.39. The highest BCUT2D eigenvalue weighted by Crippen LogP contribution is 2.38. The molecule has 92 valence electrons. The molecule has 0 heterocycles. The maximum absolute atomic E-state index is 11.8. The van der Waals surface area contributed by atoms with Crippen molar-refractivity contribution in [1.29, 1.82) is 0 Å². The molecular formula is C14H18O3. The minimum atomic E-state index is -0.305. The second kappa shape index (κ2) is 5.32. The van der Waals surface area contributed by atoms with Crippen molar-refractivity contribution in [3.05, 3.63) is 35.9 Å². The van der Waals surface area contributed by atoms with Gasteiger partial charge in [0.25, 0.3) is 0 Å². The molecule has 0 radical (unpaired) electrons. The smallest absolute Gasteiger partial charge is 0.309 e. The molecule has 1 aromatic rings. The standard InChI is InChI=1S/C14H18O3/c1-17-14(16)12-8-7-11(15)9-13(12)10-5-3-2-4-6-10/h2-6,11-13,15H,7-9H2,1H3/t11-,12+,13+/m1/s1. The molecule has 1 N–H and O–H groups in total. The Morgan fingerprint density at radius 1 is 1.29 bits per heavy atom. The maximum Gasteiger partial charge on any atom is 0.309 e. The first-order valence-electron chi connectivity index (χ1n) is 6.03. The number of aliphatic hydroxyl groups is 1. The Morgan fingerprint density at radius 2 is 2.00 bits per heavy atom. The molecule has 0 unspecified atom stereocenters. The van der Waals surface area contributed by atoms with E-state index >= 15 is 0 Å². The van der Waals surface area contributed by atoms with Gasteiger partial charge in [0.2, 0.25) is 0 Å². The summed E-state index contributed by atoms with van der Waals surface area (Å²) >= 11 is 0. The molecule has 3 nitrogen and oxygen atoms in total. The van der Waals surface area contributed by atoms with Crippen molar-refractivity contribution in [2.45, 2.75) is 31.3 Å². The van der Waals surface area contributed by atoms with Crippen LogP contribution in [-0.2, 0) is 9.53 Å². The van der Waals surface area contributed by atoms with E-state index in [4.69, 9.17) is 4.74 Å². The van der Waals surface area contributed by atoms with Crippen molar-refractivity contribution in [3.63, 3.8) is 0 Å². The van der Waals surface area contributed by atoms with Gasteiger partial charge in [-0.15, -0.1) is 0 Å². The molecule has 0 saturated heterocycles. The van der Waals surface area contributed by atoms with Crippen LogP contribution >= 0.6 is 0 Å². The molecule has 0 aliphatic heterocycles.